The first-order valence-electron chi connectivity index (χ1n) is 7.15. The molecule has 1 aromatic heterocycles. The van der Waals surface area contributed by atoms with Crippen molar-refractivity contribution in [3.63, 3.8) is 0 Å². The van der Waals surface area contributed by atoms with Gasteiger partial charge in [-0.1, -0.05) is 6.92 Å². The van der Waals surface area contributed by atoms with Crippen LogP contribution in [0.3, 0.4) is 0 Å². The van der Waals surface area contributed by atoms with Crippen LogP contribution in [0.5, 0.6) is 0 Å². The lowest BCUT2D eigenvalue weighted by molar-refractivity contribution is -0.131. The van der Waals surface area contributed by atoms with Gasteiger partial charge < -0.3 is 10.2 Å². The van der Waals surface area contributed by atoms with Gasteiger partial charge in [0, 0.05) is 26.3 Å². The van der Waals surface area contributed by atoms with Crippen LogP contribution < -0.4 is 5.32 Å². The Bertz CT molecular complexity index is 417. The van der Waals surface area contributed by atoms with Crippen molar-refractivity contribution in [2.75, 3.05) is 26.2 Å². The number of likely N-dealkylation sites (tertiary alicyclic amines) is 1. The summed E-state index contributed by atoms with van der Waals surface area (Å²) in [6, 6.07) is 0. The molecule has 5 nitrogen and oxygen atoms in total. The van der Waals surface area contributed by atoms with Crippen LogP contribution in [0, 0.1) is 5.92 Å². The zero-order chi connectivity index (χ0) is 13.7. The van der Waals surface area contributed by atoms with Crippen molar-refractivity contribution in [1.82, 2.24) is 20.0 Å². The fraction of sp³-hybridized carbons (Fsp3) is 0.714. The highest BCUT2D eigenvalue weighted by molar-refractivity contribution is 5.85. The van der Waals surface area contributed by atoms with Gasteiger partial charge in [0.15, 0.2) is 0 Å². The number of aromatic nitrogens is 2. The average molecular weight is 337 g/mol. The summed E-state index contributed by atoms with van der Waals surface area (Å²) in [4.78, 5) is 14.2. The molecule has 0 saturated carbocycles. The first kappa shape index (κ1) is 20.2. The smallest absolute Gasteiger partial charge is 0.227 e. The van der Waals surface area contributed by atoms with Crippen LogP contribution in [0.2, 0.25) is 0 Å². The van der Waals surface area contributed by atoms with Crippen LogP contribution in [0.4, 0.5) is 0 Å². The molecule has 0 radical (unpaired) electrons. The molecular formula is C14H26Cl2N4O. The predicted molar refractivity (Wildman–Crippen MR) is 89.3 cm³/mol. The SMILES string of the molecule is CCNCC1CCN(C(=O)Cc2cnn(C)c2)CC1.Cl.Cl. The topological polar surface area (TPSA) is 50.2 Å². The fourth-order valence-electron chi connectivity index (χ4n) is 2.58. The number of carbonyl (C=O) groups excluding carboxylic acids is 1. The van der Waals surface area contributed by atoms with Gasteiger partial charge in [-0.25, -0.2) is 0 Å². The first-order chi connectivity index (χ1) is 9.19. The Morgan fingerprint density at radius 1 is 1.38 bits per heavy atom. The molecule has 1 fully saturated rings. The van der Waals surface area contributed by atoms with Crippen molar-refractivity contribution in [3.8, 4) is 0 Å². The first-order valence-corrected chi connectivity index (χ1v) is 7.15. The summed E-state index contributed by atoms with van der Waals surface area (Å²) in [5.41, 5.74) is 1.00. The minimum absolute atomic E-state index is 0. The van der Waals surface area contributed by atoms with Crippen molar-refractivity contribution in [2.45, 2.75) is 26.2 Å². The molecule has 21 heavy (non-hydrogen) atoms. The number of nitrogens with one attached hydrogen (secondary N) is 1. The molecule has 7 heteroatoms. The third kappa shape index (κ3) is 6.24. The van der Waals surface area contributed by atoms with E-state index in [1.54, 1.807) is 10.9 Å². The van der Waals surface area contributed by atoms with E-state index >= 15 is 0 Å². The monoisotopic (exact) mass is 336 g/mol. The van der Waals surface area contributed by atoms with Gasteiger partial charge in [-0.3, -0.25) is 9.48 Å². The number of hydrogen-bond donors (Lipinski definition) is 1. The fourth-order valence-corrected chi connectivity index (χ4v) is 2.58. The molecule has 1 aromatic rings. The Hall–Kier alpha value is -0.780. The van der Waals surface area contributed by atoms with Crippen molar-refractivity contribution < 1.29 is 4.79 Å². The van der Waals surface area contributed by atoms with Crippen molar-refractivity contribution in [3.05, 3.63) is 18.0 Å². The van der Waals surface area contributed by atoms with Gasteiger partial charge in [-0.2, -0.15) is 5.10 Å². The lowest BCUT2D eigenvalue weighted by Gasteiger charge is -2.32. The normalized spacial score (nSPS) is 15.2. The van der Waals surface area contributed by atoms with Gasteiger partial charge in [0.2, 0.25) is 5.91 Å². The van der Waals surface area contributed by atoms with Gasteiger partial charge in [0.05, 0.1) is 12.6 Å². The van der Waals surface area contributed by atoms with Crippen molar-refractivity contribution in [2.24, 2.45) is 13.0 Å². The molecule has 1 saturated heterocycles. The standard InChI is InChI=1S/C14H24N4O.2ClH/c1-3-15-9-12-4-6-18(7-5-12)14(19)8-13-10-16-17(2)11-13;;/h10-12,15H,3-9H2,1-2H3;2*1H. The van der Waals surface area contributed by atoms with Gasteiger partial charge >= 0.3 is 0 Å². The number of rotatable bonds is 5. The van der Waals surface area contributed by atoms with E-state index in [1.165, 1.54) is 0 Å². The lowest BCUT2D eigenvalue weighted by atomic mass is 9.96. The maximum absolute atomic E-state index is 12.2. The Kier molecular flexibility index (Phi) is 9.66. The summed E-state index contributed by atoms with van der Waals surface area (Å²) in [7, 11) is 1.88. The molecule has 1 amide bonds. The summed E-state index contributed by atoms with van der Waals surface area (Å²) in [5, 5.41) is 7.49. The number of nitrogens with zero attached hydrogens (tertiary/aromatic N) is 3. The molecule has 0 atom stereocenters. The largest absolute Gasteiger partial charge is 0.342 e. The Balaban J connectivity index is 0.00000200. The summed E-state index contributed by atoms with van der Waals surface area (Å²) < 4.78 is 1.74. The number of carbonyl (C=O) groups is 1. The molecule has 0 spiro atoms. The van der Waals surface area contributed by atoms with Gasteiger partial charge in [-0.05, 0) is 37.4 Å². The molecule has 0 aromatic carbocycles. The second kappa shape index (κ2) is 10.0. The van der Waals surface area contributed by atoms with Crippen molar-refractivity contribution in [1.29, 1.82) is 0 Å². The molecule has 122 valence electrons. The number of aryl methyl sites for hydroxylation is 1. The second-order valence-corrected chi connectivity index (χ2v) is 5.33. The van der Waals surface area contributed by atoms with E-state index in [0.717, 1.165) is 50.5 Å². The van der Waals surface area contributed by atoms with E-state index in [2.05, 4.69) is 17.3 Å². The molecule has 0 unspecified atom stereocenters. The van der Waals surface area contributed by atoms with E-state index in [-0.39, 0.29) is 30.7 Å². The number of piperidine rings is 1. The average Bonchev–Trinajstić information content (AvgIpc) is 2.82. The molecule has 1 N–H and O–H groups in total. The van der Waals surface area contributed by atoms with Crippen LogP contribution in [0.1, 0.15) is 25.3 Å². The van der Waals surface area contributed by atoms with Crippen LogP contribution in [0.25, 0.3) is 0 Å². The molecule has 0 bridgehead atoms. The van der Waals surface area contributed by atoms with Gasteiger partial charge in [0.25, 0.3) is 0 Å². The molecule has 2 heterocycles. The Morgan fingerprint density at radius 3 is 2.57 bits per heavy atom. The van der Waals surface area contributed by atoms with E-state index < -0.39 is 0 Å². The Labute approximate surface area is 139 Å². The van der Waals surface area contributed by atoms with Crippen LogP contribution in [0.15, 0.2) is 12.4 Å². The van der Waals surface area contributed by atoms with E-state index in [0.29, 0.717) is 6.42 Å². The maximum atomic E-state index is 12.2. The summed E-state index contributed by atoms with van der Waals surface area (Å²) in [6.45, 7) is 6.04. The van der Waals surface area contributed by atoms with Crippen LogP contribution in [-0.4, -0.2) is 46.8 Å². The minimum Gasteiger partial charge on any atom is -0.342 e. The number of halogens is 2. The number of hydrogen-bond acceptors (Lipinski definition) is 3. The summed E-state index contributed by atoms with van der Waals surface area (Å²) >= 11 is 0. The van der Waals surface area contributed by atoms with E-state index in [4.69, 9.17) is 0 Å². The van der Waals surface area contributed by atoms with Gasteiger partial charge in [-0.15, -0.1) is 24.8 Å². The third-order valence-electron chi connectivity index (χ3n) is 3.76. The molecule has 2 rings (SSSR count). The molecule has 1 aliphatic rings. The molecule has 1 aliphatic heterocycles. The maximum Gasteiger partial charge on any atom is 0.227 e. The lowest BCUT2D eigenvalue weighted by Crippen LogP contribution is -2.41. The summed E-state index contributed by atoms with van der Waals surface area (Å²) in [6.07, 6.45) is 6.40. The zero-order valence-electron chi connectivity index (χ0n) is 12.7. The van der Waals surface area contributed by atoms with Crippen molar-refractivity contribution >= 4 is 30.7 Å². The molecular weight excluding hydrogens is 311 g/mol. The predicted octanol–water partition coefficient (Wildman–Crippen LogP) is 1.65. The minimum atomic E-state index is 0. The van der Waals surface area contributed by atoms with E-state index in [9.17, 15) is 4.79 Å². The highest BCUT2D eigenvalue weighted by Crippen LogP contribution is 2.17. The summed E-state index contributed by atoms with van der Waals surface area (Å²) in [5.74, 6) is 0.956. The van der Waals surface area contributed by atoms with Gasteiger partial charge in [0.1, 0.15) is 0 Å². The van der Waals surface area contributed by atoms with E-state index in [1.807, 2.05) is 18.1 Å². The van der Waals surface area contributed by atoms with Crippen LogP contribution >= 0.6 is 24.8 Å². The third-order valence-corrected chi connectivity index (χ3v) is 3.76. The van der Waals surface area contributed by atoms with Crippen LogP contribution in [-0.2, 0) is 18.3 Å². The highest BCUT2D eigenvalue weighted by atomic mass is 35.5. The molecule has 0 aliphatic carbocycles. The zero-order valence-corrected chi connectivity index (χ0v) is 14.4. The second-order valence-electron chi connectivity index (χ2n) is 5.33. The number of amides is 1. The quantitative estimate of drug-likeness (QED) is 0.889. The highest BCUT2D eigenvalue weighted by Gasteiger charge is 2.22. The Morgan fingerprint density at radius 2 is 2.05 bits per heavy atom.